The molecule has 0 aliphatic carbocycles. The Labute approximate surface area is 201 Å². The molecule has 166 valence electrons. The number of methoxy groups -OCH3 is 1. The van der Waals surface area contributed by atoms with E-state index in [0.717, 1.165) is 5.56 Å². The first-order chi connectivity index (χ1) is 16.0. The lowest BCUT2D eigenvalue weighted by atomic mass is 10.1. The Morgan fingerprint density at radius 1 is 1.03 bits per heavy atom. The van der Waals surface area contributed by atoms with E-state index in [2.05, 4.69) is 5.32 Å². The second-order valence-electron chi connectivity index (χ2n) is 7.11. The van der Waals surface area contributed by atoms with Gasteiger partial charge in [0.1, 0.15) is 23.7 Å². The summed E-state index contributed by atoms with van der Waals surface area (Å²) in [4.78, 5) is 27.0. The van der Waals surface area contributed by atoms with E-state index < -0.39 is 11.8 Å². The van der Waals surface area contributed by atoms with Crippen molar-refractivity contribution in [3.8, 4) is 11.5 Å². The van der Waals surface area contributed by atoms with E-state index in [1.165, 1.54) is 18.1 Å². The van der Waals surface area contributed by atoms with Crippen molar-refractivity contribution in [3.05, 3.63) is 94.5 Å². The second kappa shape index (κ2) is 9.85. The highest BCUT2D eigenvalue weighted by Gasteiger charge is 2.34. The third-order valence-corrected chi connectivity index (χ3v) is 5.48. The zero-order chi connectivity index (χ0) is 23.4. The summed E-state index contributed by atoms with van der Waals surface area (Å²) >= 11 is 11.2. The van der Waals surface area contributed by atoms with E-state index in [4.69, 9.17) is 33.3 Å². The van der Waals surface area contributed by atoms with E-state index in [1.807, 2.05) is 30.3 Å². The van der Waals surface area contributed by atoms with E-state index in [-0.39, 0.29) is 10.7 Å². The Bertz CT molecular complexity index is 1240. The summed E-state index contributed by atoms with van der Waals surface area (Å²) in [6.45, 7) is 0.402. The van der Waals surface area contributed by atoms with Gasteiger partial charge in [0.25, 0.3) is 11.8 Å². The van der Waals surface area contributed by atoms with Crippen LogP contribution < -0.4 is 19.7 Å². The predicted molar refractivity (Wildman–Crippen MR) is 131 cm³/mol. The fourth-order valence-electron chi connectivity index (χ4n) is 3.28. The fourth-order valence-corrected chi connectivity index (χ4v) is 3.69. The molecule has 0 spiro atoms. The van der Waals surface area contributed by atoms with E-state index in [0.29, 0.717) is 34.4 Å². The summed E-state index contributed by atoms with van der Waals surface area (Å²) in [5, 5.41) is 3.08. The van der Waals surface area contributed by atoms with Gasteiger partial charge in [0.05, 0.1) is 12.8 Å². The van der Waals surface area contributed by atoms with Gasteiger partial charge in [0, 0.05) is 16.7 Å². The highest BCUT2D eigenvalue weighted by atomic mass is 35.5. The molecule has 6 nitrogen and oxygen atoms in total. The van der Waals surface area contributed by atoms with Gasteiger partial charge in [-0.2, -0.15) is 0 Å². The summed E-state index contributed by atoms with van der Waals surface area (Å²) < 4.78 is 11.3. The van der Waals surface area contributed by atoms with Crippen LogP contribution in [0.1, 0.15) is 11.1 Å². The van der Waals surface area contributed by atoms with E-state index in [9.17, 15) is 9.59 Å². The van der Waals surface area contributed by atoms with Gasteiger partial charge in [-0.1, -0.05) is 41.9 Å². The molecular weight excluding hydrogens is 460 g/mol. The highest BCUT2D eigenvalue weighted by molar-refractivity contribution is 7.80. The molecule has 1 fully saturated rings. The molecule has 3 aromatic carbocycles. The molecule has 0 aromatic heterocycles. The first kappa shape index (κ1) is 22.5. The Morgan fingerprint density at radius 3 is 2.45 bits per heavy atom. The van der Waals surface area contributed by atoms with Crippen LogP contribution in [0.5, 0.6) is 11.5 Å². The molecule has 0 saturated carbocycles. The van der Waals surface area contributed by atoms with Crippen LogP contribution in [0, 0.1) is 0 Å². The zero-order valence-electron chi connectivity index (χ0n) is 17.6. The van der Waals surface area contributed by atoms with Gasteiger partial charge in [-0.15, -0.1) is 0 Å². The molecule has 3 aromatic rings. The number of amides is 2. The van der Waals surface area contributed by atoms with Crippen molar-refractivity contribution < 1.29 is 19.1 Å². The average Bonchev–Trinajstić information content (AvgIpc) is 2.82. The van der Waals surface area contributed by atoms with Crippen LogP contribution in [0.2, 0.25) is 5.02 Å². The normalized spacial score (nSPS) is 14.9. The second-order valence-corrected chi connectivity index (χ2v) is 7.94. The van der Waals surface area contributed by atoms with Crippen LogP contribution >= 0.6 is 23.8 Å². The Balaban J connectivity index is 1.60. The van der Waals surface area contributed by atoms with Gasteiger partial charge in [-0.25, -0.2) is 0 Å². The monoisotopic (exact) mass is 478 g/mol. The highest BCUT2D eigenvalue weighted by Crippen LogP contribution is 2.29. The Kier molecular flexibility index (Phi) is 6.72. The molecule has 1 N–H and O–H groups in total. The molecule has 1 heterocycles. The Morgan fingerprint density at radius 2 is 1.76 bits per heavy atom. The number of halogens is 1. The van der Waals surface area contributed by atoms with Crippen molar-refractivity contribution in [2.45, 2.75) is 6.61 Å². The number of nitrogens with one attached hydrogen (secondary N) is 1. The molecule has 2 amide bonds. The van der Waals surface area contributed by atoms with Gasteiger partial charge in [0.2, 0.25) is 0 Å². The lowest BCUT2D eigenvalue weighted by molar-refractivity contribution is -0.122. The number of hydrogen-bond donors (Lipinski definition) is 1. The number of rotatable bonds is 6. The van der Waals surface area contributed by atoms with Crippen LogP contribution in [-0.4, -0.2) is 24.0 Å². The number of anilines is 1. The first-order valence-electron chi connectivity index (χ1n) is 9.98. The number of carbonyl (C=O) groups excluding carboxylic acids is 2. The number of benzene rings is 3. The predicted octanol–water partition coefficient (Wildman–Crippen LogP) is 4.76. The van der Waals surface area contributed by atoms with Crippen LogP contribution in [0.15, 0.2) is 78.4 Å². The van der Waals surface area contributed by atoms with Crippen LogP contribution in [0.25, 0.3) is 6.08 Å². The largest absolute Gasteiger partial charge is 0.496 e. The third kappa shape index (κ3) is 5.05. The quantitative estimate of drug-likeness (QED) is 0.314. The minimum atomic E-state index is -0.582. The third-order valence-electron chi connectivity index (χ3n) is 4.94. The molecule has 0 bridgehead atoms. The van der Waals surface area contributed by atoms with Gasteiger partial charge in [-0.3, -0.25) is 19.8 Å². The first-order valence-corrected chi connectivity index (χ1v) is 10.8. The molecule has 0 radical (unpaired) electrons. The zero-order valence-corrected chi connectivity index (χ0v) is 19.2. The van der Waals surface area contributed by atoms with Crippen molar-refractivity contribution in [1.29, 1.82) is 0 Å². The molecule has 33 heavy (non-hydrogen) atoms. The van der Waals surface area contributed by atoms with Gasteiger partial charge in [-0.05, 0) is 60.3 Å². The summed E-state index contributed by atoms with van der Waals surface area (Å²) in [6, 6.07) is 21.6. The molecule has 0 atom stereocenters. The van der Waals surface area contributed by atoms with Crippen LogP contribution in [-0.2, 0) is 16.2 Å². The van der Waals surface area contributed by atoms with Crippen LogP contribution in [0.4, 0.5) is 5.69 Å². The van der Waals surface area contributed by atoms with Crippen molar-refractivity contribution >= 4 is 52.5 Å². The molecular formula is C25H19ClN2O4S. The molecule has 0 unspecified atom stereocenters. The minimum Gasteiger partial charge on any atom is -0.496 e. The van der Waals surface area contributed by atoms with Gasteiger partial charge >= 0.3 is 0 Å². The lowest BCUT2D eigenvalue weighted by Gasteiger charge is -2.29. The number of thiocarbonyl (C=S) groups is 1. The van der Waals surface area contributed by atoms with E-state index in [1.54, 1.807) is 42.5 Å². The Hall–Kier alpha value is -3.68. The maximum atomic E-state index is 13.2. The molecule has 4 rings (SSSR count). The fraction of sp³-hybridized carbons (Fsp3) is 0.0800. The standard InChI is InChI=1S/C25H19ClN2O4S/c1-31-22-14-20(32-15-16-5-3-2-4-6-16)12-7-17(22)13-21-23(29)27-25(33)28(24(21)30)19-10-8-18(26)9-11-19/h2-14H,15H2,1H3,(H,27,29,33)/b21-13-. The van der Waals surface area contributed by atoms with Crippen molar-refractivity contribution in [1.82, 2.24) is 5.32 Å². The van der Waals surface area contributed by atoms with Crippen molar-refractivity contribution in [2.24, 2.45) is 0 Å². The smallest absolute Gasteiger partial charge is 0.270 e. The summed E-state index contributed by atoms with van der Waals surface area (Å²) in [7, 11) is 1.51. The summed E-state index contributed by atoms with van der Waals surface area (Å²) in [6.07, 6.45) is 1.47. The molecule has 1 saturated heterocycles. The summed E-state index contributed by atoms with van der Waals surface area (Å²) in [5.41, 5.74) is 2.00. The number of nitrogens with zero attached hydrogens (tertiary/aromatic N) is 1. The molecule has 8 heteroatoms. The van der Waals surface area contributed by atoms with Gasteiger partial charge in [0.15, 0.2) is 5.11 Å². The van der Waals surface area contributed by atoms with Crippen molar-refractivity contribution in [2.75, 3.05) is 12.0 Å². The number of hydrogen-bond acceptors (Lipinski definition) is 5. The van der Waals surface area contributed by atoms with E-state index >= 15 is 0 Å². The SMILES string of the molecule is COc1cc(OCc2ccccc2)ccc1/C=C1/C(=O)NC(=S)N(c2ccc(Cl)cc2)C1=O. The maximum absolute atomic E-state index is 13.2. The maximum Gasteiger partial charge on any atom is 0.270 e. The van der Waals surface area contributed by atoms with Gasteiger partial charge < -0.3 is 9.47 Å². The average molecular weight is 479 g/mol. The minimum absolute atomic E-state index is 0.00102. The van der Waals surface area contributed by atoms with Crippen LogP contribution in [0.3, 0.4) is 0 Å². The number of carbonyl (C=O) groups is 2. The molecule has 1 aliphatic heterocycles. The van der Waals surface area contributed by atoms with Crippen molar-refractivity contribution in [3.63, 3.8) is 0 Å². The topological polar surface area (TPSA) is 67.9 Å². The summed E-state index contributed by atoms with van der Waals surface area (Å²) in [5.74, 6) is -0.0692. The molecule has 1 aliphatic rings. The number of ether oxygens (including phenoxy) is 2. The lowest BCUT2D eigenvalue weighted by Crippen LogP contribution is -2.54.